The van der Waals surface area contributed by atoms with Crippen molar-refractivity contribution in [1.29, 1.82) is 0 Å². The number of nitrogens with one attached hydrogen (secondary N) is 1. The molecule has 0 saturated carbocycles. The van der Waals surface area contributed by atoms with Crippen LogP contribution in [0.5, 0.6) is 0 Å². The summed E-state index contributed by atoms with van der Waals surface area (Å²) in [7, 11) is 4.18. The summed E-state index contributed by atoms with van der Waals surface area (Å²) in [5.74, 6) is 2.40. The summed E-state index contributed by atoms with van der Waals surface area (Å²) in [5.41, 5.74) is 6.30. The summed E-state index contributed by atoms with van der Waals surface area (Å²) in [6.45, 7) is 0.0433. The van der Waals surface area contributed by atoms with Crippen molar-refractivity contribution in [2.45, 2.75) is 6.42 Å². The molecule has 17 heavy (non-hydrogen) atoms. The van der Waals surface area contributed by atoms with E-state index in [9.17, 15) is 4.79 Å². The normalized spacial score (nSPS) is 16.8. The van der Waals surface area contributed by atoms with Gasteiger partial charge in [-0.25, -0.2) is 0 Å². The van der Waals surface area contributed by atoms with Crippen LogP contribution in [-0.2, 0) is 4.79 Å². The van der Waals surface area contributed by atoms with Gasteiger partial charge in [0.25, 0.3) is 0 Å². The van der Waals surface area contributed by atoms with E-state index in [4.69, 9.17) is 5.73 Å². The maximum atomic E-state index is 11.4. The Bertz CT molecular complexity index is 397. The van der Waals surface area contributed by atoms with Crippen LogP contribution in [0.2, 0.25) is 0 Å². The zero-order valence-corrected chi connectivity index (χ0v) is 12.9. The van der Waals surface area contributed by atoms with Crippen LogP contribution in [0, 0.1) is 0 Å². The number of nitrogens with two attached hydrogens (primary N) is 1. The predicted molar refractivity (Wildman–Crippen MR) is 79.0 cm³/mol. The minimum absolute atomic E-state index is 0.0433. The van der Waals surface area contributed by atoms with E-state index in [0.29, 0.717) is 0 Å². The molecule has 1 aliphatic heterocycles. The molecule has 1 saturated heterocycles. The van der Waals surface area contributed by atoms with Crippen LogP contribution in [0.3, 0.4) is 0 Å². The Morgan fingerprint density at radius 2 is 2.06 bits per heavy atom. The monoisotopic (exact) mass is 330 g/mol. The second kappa shape index (κ2) is 6.74. The van der Waals surface area contributed by atoms with E-state index in [-0.39, 0.29) is 12.5 Å². The van der Waals surface area contributed by atoms with Crippen LogP contribution in [-0.4, -0.2) is 36.3 Å². The molecule has 1 amide bonds. The van der Waals surface area contributed by atoms with E-state index in [1.165, 1.54) is 22.3 Å². The molecule has 1 aromatic rings. The standard InChI is InChI=1S/C11H15AsN2OS2/c13-8-11(15)14-10-5-2-1-4-9(10)12-16-6-3-7-17-12/h1-2,4-5H,3,6-8,13H2,(H,14,15). The number of rotatable bonds is 3. The van der Waals surface area contributed by atoms with E-state index in [1.54, 1.807) is 0 Å². The number of anilines is 1. The van der Waals surface area contributed by atoms with Crippen LogP contribution < -0.4 is 15.4 Å². The van der Waals surface area contributed by atoms with Gasteiger partial charge in [0.2, 0.25) is 0 Å². The van der Waals surface area contributed by atoms with Gasteiger partial charge < -0.3 is 0 Å². The zero-order chi connectivity index (χ0) is 12.1. The Balaban J connectivity index is 2.17. The molecule has 0 bridgehead atoms. The third kappa shape index (κ3) is 3.68. The average molecular weight is 330 g/mol. The quantitative estimate of drug-likeness (QED) is 0.817. The fourth-order valence-corrected chi connectivity index (χ4v) is 15.1. The van der Waals surface area contributed by atoms with Gasteiger partial charge in [-0.15, -0.1) is 0 Å². The number of amides is 1. The van der Waals surface area contributed by atoms with Crippen molar-refractivity contribution in [3.05, 3.63) is 24.3 Å². The summed E-state index contributed by atoms with van der Waals surface area (Å²) in [6, 6.07) is 8.14. The van der Waals surface area contributed by atoms with E-state index in [2.05, 4.69) is 37.5 Å². The summed E-state index contributed by atoms with van der Waals surface area (Å²) >= 11 is -1.09. The molecule has 3 N–H and O–H groups in total. The fourth-order valence-electron chi connectivity index (χ4n) is 1.47. The zero-order valence-electron chi connectivity index (χ0n) is 9.39. The molecule has 2 rings (SSSR count). The van der Waals surface area contributed by atoms with Crippen LogP contribution in [0.25, 0.3) is 0 Å². The Hall–Kier alpha value is -0.0916. The first-order valence-corrected chi connectivity index (χ1v) is 12.9. The Labute approximate surface area is 113 Å². The molecule has 1 aromatic carbocycles. The van der Waals surface area contributed by atoms with Crippen molar-refractivity contribution in [1.82, 2.24) is 0 Å². The van der Waals surface area contributed by atoms with Crippen LogP contribution in [0.1, 0.15) is 6.42 Å². The molecule has 6 heteroatoms. The van der Waals surface area contributed by atoms with Gasteiger partial charge in [0.05, 0.1) is 0 Å². The van der Waals surface area contributed by atoms with E-state index >= 15 is 0 Å². The molecule has 0 spiro atoms. The molecular formula is C11H15AsN2OS2. The second-order valence-corrected chi connectivity index (χ2v) is 15.2. The minimum atomic E-state index is -1.09. The first-order valence-electron chi connectivity index (χ1n) is 5.46. The third-order valence-corrected chi connectivity index (χ3v) is 15.9. The Morgan fingerprint density at radius 1 is 1.35 bits per heavy atom. The molecule has 92 valence electrons. The van der Waals surface area contributed by atoms with Crippen LogP contribution >= 0.6 is 20.0 Å². The summed E-state index contributed by atoms with van der Waals surface area (Å²) in [6.07, 6.45) is 1.30. The number of hydrogen-bond acceptors (Lipinski definition) is 4. The molecule has 0 aliphatic carbocycles. The van der Waals surface area contributed by atoms with Gasteiger partial charge in [-0.2, -0.15) is 0 Å². The molecule has 0 atom stereocenters. The SMILES string of the molecule is NCC(=O)Nc1ccccc1[As]1SCCCS1. The Morgan fingerprint density at radius 3 is 2.76 bits per heavy atom. The summed E-state index contributed by atoms with van der Waals surface area (Å²) in [4.78, 5) is 11.4. The van der Waals surface area contributed by atoms with Crippen LogP contribution in [0.4, 0.5) is 5.69 Å². The van der Waals surface area contributed by atoms with Gasteiger partial charge >= 0.3 is 113 Å². The van der Waals surface area contributed by atoms with E-state index < -0.39 is 12.3 Å². The molecule has 1 aliphatic rings. The van der Waals surface area contributed by atoms with Gasteiger partial charge in [0, 0.05) is 0 Å². The number of benzene rings is 1. The van der Waals surface area contributed by atoms with Gasteiger partial charge in [0.15, 0.2) is 0 Å². The van der Waals surface area contributed by atoms with E-state index in [1.807, 2.05) is 12.1 Å². The van der Waals surface area contributed by atoms with Gasteiger partial charge in [-0.1, -0.05) is 0 Å². The second-order valence-electron chi connectivity index (χ2n) is 3.55. The number of carbonyl (C=O) groups excluding carboxylic acids is 1. The van der Waals surface area contributed by atoms with Crippen LogP contribution in [0.15, 0.2) is 24.3 Å². The summed E-state index contributed by atoms with van der Waals surface area (Å²) < 4.78 is 1.34. The fraction of sp³-hybridized carbons (Fsp3) is 0.364. The third-order valence-electron chi connectivity index (χ3n) is 2.27. The van der Waals surface area contributed by atoms with Crippen molar-refractivity contribution in [2.75, 3.05) is 23.4 Å². The molecule has 3 nitrogen and oxygen atoms in total. The van der Waals surface area contributed by atoms with Gasteiger partial charge in [0.1, 0.15) is 0 Å². The van der Waals surface area contributed by atoms with Crippen molar-refractivity contribution < 1.29 is 4.79 Å². The molecule has 1 heterocycles. The molecule has 1 fully saturated rings. The molecule has 0 unspecified atom stereocenters. The Kier molecular flexibility index (Phi) is 5.29. The van der Waals surface area contributed by atoms with Crippen molar-refractivity contribution >= 4 is 48.3 Å². The maximum absolute atomic E-state index is 11.4. The van der Waals surface area contributed by atoms with Crippen molar-refractivity contribution in [2.24, 2.45) is 5.73 Å². The van der Waals surface area contributed by atoms with Crippen molar-refractivity contribution in [3.8, 4) is 0 Å². The molecular weight excluding hydrogens is 315 g/mol. The number of carbonyl (C=O) groups is 1. The summed E-state index contributed by atoms with van der Waals surface area (Å²) in [5, 5.41) is 2.90. The number of para-hydroxylation sites is 1. The molecule has 0 aromatic heterocycles. The van der Waals surface area contributed by atoms with E-state index in [0.717, 1.165) is 5.69 Å². The number of hydrogen-bond donors (Lipinski definition) is 2. The first kappa shape index (κ1) is 13.3. The van der Waals surface area contributed by atoms with Crippen molar-refractivity contribution in [3.63, 3.8) is 0 Å². The topological polar surface area (TPSA) is 55.1 Å². The van der Waals surface area contributed by atoms with Gasteiger partial charge in [-0.05, 0) is 0 Å². The predicted octanol–water partition coefficient (Wildman–Crippen LogP) is 1.15. The first-order chi connectivity index (χ1) is 8.31. The average Bonchev–Trinajstić information content (AvgIpc) is 2.40. The van der Waals surface area contributed by atoms with Gasteiger partial charge in [-0.3, -0.25) is 0 Å². The molecule has 0 radical (unpaired) electrons.